The largest absolute Gasteiger partial charge is 0.309 e. The van der Waals surface area contributed by atoms with E-state index in [1.54, 1.807) is 0 Å². The summed E-state index contributed by atoms with van der Waals surface area (Å²) in [5.41, 5.74) is 13.0. The molecule has 2 heteroatoms. The average Bonchev–Trinajstić information content (AvgIpc) is 3.57. The highest BCUT2D eigenvalue weighted by Crippen LogP contribution is 2.45. The third-order valence-corrected chi connectivity index (χ3v) is 10.6. The zero-order chi connectivity index (χ0) is 35.3. The first-order chi connectivity index (χ1) is 26.3. The van der Waals surface area contributed by atoms with Gasteiger partial charge in [0.2, 0.25) is 0 Å². The predicted molar refractivity (Wildman–Crippen MR) is 222 cm³/mol. The molecule has 10 aromatic rings. The molecule has 0 unspecified atom stereocenters. The van der Waals surface area contributed by atoms with Crippen LogP contribution in [0.5, 0.6) is 0 Å². The van der Waals surface area contributed by atoms with Gasteiger partial charge in [0.25, 0.3) is 0 Å². The molecule has 10 rings (SSSR count). The molecule has 0 aliphatic heterocycles. The summed E-state index contributed by atoms with van der Waals surface area (Å²) in [6, 6.07) is 71.5. The molecule has 2 nitrogen and oxygen atoms in total. The molecular formula is C51H32N2. The van der Waals surface area contributed by atoms with Gasteiger partial charge >= 0.3 is 0 Å². The molecule has 0 atom stereocenters. The number of benzene rings is 9. The van der Waals surface area contributed by atoms with Crippen molar-refractivity contribution in [3.63, 3.8) is 0 Å². The fourth-order valence-electron chi connectivity index (χ4n) is 8.35. The van der Waals surface area contributed by atoms with Crippen LogP contribution in [0.15, 0.2) is 194 Å². The summed E-state index contributed by atoms with van der Waals surface area (Å²) in [7, 11) is 0. The maximum atomic E-state index is 10.4. The highest BCUT2D eigenvalue weighted by atomic mass is 15.0. The normalized spacial score (nSPS) is 11.4. The first kappa shape index (κ1) is 30.6. The van der Waals surface area contributed by atoms with Gasteiger partial charge in [-0.2, -0.15) is 5.26 Å². The second-order valence-electron chi connectivity index (χ2n) is 13.6. The lowest BCUT2D eigenvalue weighted by atomic mass is 9.84. The Bertz CT molecular complexity index is 2960. The molecule has 0 saturated carbocycles. The van der Waals surface area contributed by atoms with Crippen molar-refractivity contribution in [3.8, 4) is 56.3 Å². The maximum absolute atomic E-state index is 10.4. The van der Waals surface area contributed by atoms with Crippen molar-refractivity contribution in [1.82, 2.24) is 4.57 Å². The molecule has 0 N–H and O–H groups in total. The Hall–Kier alpha value is -7.21. The Morgan fingerprint density at radius 1 is 0.340 bits per heavy atom. The predicted octanol–water partition coefficient (Wildman–Crippen LogP) is 13.6. The SMILES string of the molecule is N#Cc1cc(-c2ccccc2-c2cccc(-n3c4ccccc4c4ccccc43)c2)cc(-c2c3ccccc3c(-c3ccccc3)c3ccccc23)c1. The Balaban J connectivity index is 1.18. The highest BCUT2D eigenvalue weighted by molar-refractivity contribution is 6.21. The van der Waals surface area contributed by atoms with E-state index in [9.17, 15) is 5.26 Å². The topological polar surface area (TPSA) is 28.7 Å². The minimum Gasteiger partial charge on any atom is -0.309 e. The van der Waals surface area contributed by atoms with Gasteiger partial charge in [-0.15, -0.1) is 0 Å². The summed E-state index contributed by atoms with van der Waals surface area (Å²) >= 11 is 0. The smallest absolute Gasteiger partial charge is 0.0992 e. The first-order valence-corrected chi connectivity index (χ1v) is 18.0. The Labute approximate surface area is 308 Å². The van der Waals surface area contributed by atoms with Crippen molar-refractivity contribution in [1.29, 1.82) is 5.26 Å². The van der Waals surface area contributed by atoms with Crippen molar-refractivity contribution in [3.05, 3.63) is 200 Å². The minimum absolute atomic E-state index is 0.631. The molecule has 246 valence electrons. The third-order valence-electron chi connectivity index (χ3n) is 10.6. The Morgan fingerprint density at radius 2 is 0.792 bits per heavy atom. The van der Waals surface area contributed by atoms with Crippen LogP contribution >= 0.6 is 0 Å². The summed E-state index contributed by atoms with van der Waals surface area (Å²) < 4.78 is 2.36. The number of rotatable bonds is 5. The van der Waals surface area contributed by atoms with E-state index in [0.717, 1.165) is 39.1 Å². The van der Waals surface area contributed by atoms with Gasteiger partial charge in [0.1, 0.15) is 0 Å². The molecule has 1 aromatic heterocycles. The lowest BCUT2D eigenvalue weighted by molar-refractivity contribution is 1.18. The summed E-state index contributed by atoms with van der Waals surface area (Å²) in [5, 5.41) is 17.6. The molecule has 0 fully saturated rings. The van der Waals surface area contributed by atoms with Gasteiger partial charge in [-0.25, -0.2) is 0 Å². The molecular weight excluding hydrogens is 641 g/mol. The number of fused-ring (bicyclic) bond motifs is 5. The van der Waals surface area contributed by atoms with Crippen LogP contribution in [0.1, 0.15) is 5.56 Å². The molecule has 53 heavy (non-hydrogen) atoms. The van der Waals surface area contributed by atoms with Gasteiger partial charge in [-0.1, -0.05) is 152 Å². The van der Waals surface area contributed by atoms with E-state index < -0.39 is 0 Å². The van der Waals surface area contributed by atoms with Crippen molar-refractivity contribution in [2.45, 2.75) is 0 Å². The third kappa shape index (κ3) is 5.02. The van der Waals surface area contributed by atoms with Gasteiger partial charge < -0.3 is 4.57 Å². The molecule has 1 heterocycles. The first-order valence-electron chi connectivity index (χ1n) is 18.0. The molecule has 0 aliphatic rings. The molecule has 0 bridgehead atoms. The zero-order valence-electron chi connectivity index (χ0n) is 28.9. The fraction of sp³-hybridized carbons (Fsp3) is 0. The van der Waals surface area contributed by atoms with Crippen molar-refractivity contribution in [2.75, 3.05) is 0 Å². The van der Waals surface area contributed by atoms with Gasteiger partial charge in [0.05, 0.1) is 22.7 Å². The van der Waals surface area contributed by atoms with E-state index >= 15 is 0 Å². The summed E-state index contributed by atoms with van der Waals surface area (Å²) in [5.74, 6) is 0. The van der Waals surface area contributed by atoms with Crippen LogP contribution in [-0.2, 0) is 0 Å². The van der Waals surface area contributed by atoms with Gasteiger partial charge in [-0.05, 0) is 109 Å². The Morgan fingerprint density at radius 3 is 1.38 bits per heavy atom. The van der Waals surface area contributed by atoms with E-state index in [0.29, 0.717) is 5.56 Å². The van der Waals surface area contributed by atoms with Crippen LogP contribution in [0, 0.1) is 11.3 Å². The number of hydrogen-bond donors (Lipinski definition) is 0. The van der Waals surface area contributed by atoms with Crippen LogP contribution in [0.2, 0.25) is 0 Å². The van der Waals surface area contributed by atoms with Crippen molar-refractivity contribution >= 4 is 43.4 Å². The molecule has 0 radical (unpaired) electrons. The van der Waals surface area contributed by atoms with E-state index in [1.807, 2.05) is 12.1 Å². The van der Waals surface area contributed by atoms with Gasteiger partial charge in [-0.3, -0.25) is 0 Å². The number of para-hydroxylation sites is 2. The summed E-state index contributed by atoms with van der Waals surface area (Å²) in [4.78, 5) is 0. The van der Waals surface area contributed by atoms with Gasteiger partial charge in [0.15, 0.2) is 0 Å². The van der Waals surface area contributed by atoms with Crippen LogP contribution in [0.3, 0.4) is 0 Å². The maximum Gasteiger partial charge on any atom is 0.0992 e. The second kappa shape index (κ2) is 12.5. The van der Waals surface area contributed by atoms with Crippen LogP contribution in [-0.4, -0.2) is 4.57 Å². The van der Waals surface area contributed by atoms with E-state index in [4.69, 9.17) is 0 Å². The van der Waals surface area contributed by atoms with Crippen molar-refractivity contribution < 1.29 is 0 Å². The highest BCUT2D eigenvalue weighted by Gasteiger charge is 2.19. The van der Waals surface area contributed by atoms with E-state index in [-0.39, 0.29) is 0 Å². The quantitative estimate of drug-likeness (QED) is 0.167. The minimum atomic E-state index is 0.631. The molecule has 0 spiro atoms. The Kier molecular flexibility index (Phi) is 7.23. The number of aromatic nitrogens is 1. The number of nitrogens with zero attached hydrogens (tertiary/aromatic N) is 2. The zero-order valence-corrected chi connectivity index (χ0v) is 28.9. The summed E-state index contributed by atoms with van der Waals surface area (Å²) in [6.45, 7) is 0. The monoisotopic (exact) mass is 672 g/mol. The van der Waals surface area contributed by atoms with Crippen LogP contribution in [0.25, 0.3) is 93.5 Å². The molecule has 0 saturated heterocycles. The molecule has 0 amide bonds. The average molecular weight is 673 g/mol. The lowest BCUT2D eigenvalue weighted by Crippen LogP contribution is -1.95. The standard InChI is InChI=1S/C51H32N2/c52-33-34-29-37(31-38(30-34)51-46-25-8-6-23-44(46)50(35-15-2-1-3-16-35)45-24-7-9-26-47(45)51)41-20-5-4-19-40(41)36-17-14-18-39(32-36)53-48-27-12-10-21-42(48)43-22-11-13-28-49(43)53/h1-32H. The molecule has 9 aromatic carbocycles. The van der Waals surface area contributed by atoms with E-state index in [1.165, 1.54) is 54.5 Å². The lowest BCUT2D eigenvalue weighted by Gasteiger charge is -2.19. The number of nitriles is 1. The van der Waals surface area contributed by atoms with Crippen LogP contribution in [0.4, 0.5) is 0 Å². The van der Waals surface area contributed by atoms with E-state index in [2.05, 4.69) is 193 Å². The van der Waals surface area contributed by atoms with Gasteiger partial charge in [0, 0.05) is 16.5 Å². The number of hydrogen-bond acceptors (Lipinski definition) is 1. The molecule has 0 aliphatic carbocycles. The van der Waals surface area contributed by atoms with Crippen molar-refractivity contribution in [2.24, 2.45) is 0 Å². The summed E-state index contributed by atoms with van der Waals surface area (Å²) in [6.07, 6.45) is 0. The fourth-order valence-corrected chi connectivity index (χ4v) is 8.35. The van der Waals surface area contributed by atoms with Crippen LogP contribution < -0.4 is 0 Å². The second-order valence-corrected chi connectivity index (χ2v) is 13.6.